The lowest BCUT2D eigenvalue weighted by Crippen LogP contribution is -2.50. The average molecular weight is 420 g/mol. The van der Waals surface area contributed by atoms with E-state index in [1.54, 1.807) is 0 Å². The van der Waals surface area contributed by atoms with Crippen LogP contribution in [0.1, 0.15) is 36.8 Å². The number of urea groups is 1. The zero-order chi connectivity index (χ0) is 22.0. The Hall–Kier alpha value is -3.35. The minimum atomic E-state index is -0.0400. The quantitative estimate of drug-likeness (QED) is 0.656. The molecule has 0 bridgehead atoms. The summed E-state index contributed by atoms with van der Waals surface area (Å²) in [5.74, 6) is 1.47. The predicted molar refractivity (Wildman–Crippen MR) is 123 cm³/mol. The second-order valence-corrected chi connectivity index (χ2v) is 8.31. The van der Waals surface area contributed by atoms with E-state index in [1.165, 1.54) is 5.56 Å². The Balaban J connectivity index is 1.35. The summed E-state index contributed by atoms with van der Waals surface area (Å²) in [6.45, 7) is 11.1. The highest BCUT2D eigenvalue weighted by Gasteiger charge is 2.22. The number of nitrogens with zero attached hydrogens (tertiary/aromatic N) is 4. The van der Waals surface area contributed by atoms with Gasteiger partial charge in [-0.1, -0.05) is 31.1 Å². The van der Waals surface area contributed by atoms with Crippen molar-refractivity contribution in [2.75, 3.05) is 36.4 Å². The normalized spacial score (nSPS) is 14.2. The first-order chi connectivity index (χ1) is 14.9. The maximum atomic E-state index is 12.7. The van der Waals surface area contributed by atoms with Crippen LogP contribution in [0.25, 0.3) is 11.4 Å². The predicted octanol–water partition coefficient (Wildman–Crippen LogP) is 4.83. The SMILES string of the molecule is Cc1cccc(NC(=O)N2CCN(c3ccc(-c4noc(C(C)C)n4)cc3)CC2)c1C. The van der Waals surface area contributed by atoms with Crippen LogP contribution in [0.3, 0.4) is 0 Å². The van der Waals surface area contributed by atoms with Crippen molar-refractivity contribution in [2.45, 2.75) is 33.6 Å². The Morgan fingerprint density at radius 2 is 1.74 bits per heavy atom. The molecule has 0 aliphatic carbocycles. The molecule has 3 aromatic rings. The molecular weight excluding hydrogens is 390 g/mol. The fraction of sp³-hybridized carbons (Fsp3) is 0.375. The summed E-state index contributed by atoms with van der Waals surface area (Å²) in [6.07, 6.45) is 0. The first-order valence-corrected chi connectivity index (χ1v) is 10.7. The molecule has 0 unspecified atom stereocenters. The molecule has 1 aliphatic rings. The summed E-state index contributed by atoms with van der Waals surface area (Å²) >= 11 is 0. The number of hydrogen-bond donors (Lipinski definition) is 1. The second kappa shape index (κ2) is 8.79. The number of aromatic nitrogens is 2. The van der Waals surface area contributed by atoms with Crippen LogP contribution in [0.2, 0.25) is 0 Å². The third-order valence-electron chi connectivity index (χ3n) is 5.84. The summed E-state index contributed by atoms with van der Waals surface area (Å²) in [5.41, 5.74) is 5.23. The van der Waals surface area contributed by atoms with Gasteiger partial charge in [0.2, 0.25) is 11.7 Å². The largest absolute Gasteiger partial charge is 0.368 e. The molecule has 31 heavy (non-hydrogen) atoms. The highest BCUT2D eigenvalue weighted by molar-refractivity contribution is 5.90. The highest BCUT2D eigenvalue weighted by atomic mass is 16.5. The molecule has 2 aromatic carbocycles. The van der Waals surface area contributed by atoms with Crippen molar-refractivity contribution in [1.82, 2.24) is 15.0 Å². The van der Waals surface area contributed by atoms with Crippen molar-refractivity contribution >= 4 is 17.4 Å². The smallest absolute Gasteiger partial charge is 0.321 e. The van der Waals surface area contributed by atoms with Gasteiger partial charge >= 0.3 is 6.03 Å². The van der Waals surface area contributed by atoms with Crippen molar-refractivity contribution in [3.8, 4) is 11.4 Å². The Morgan fingerprint density at radius 3 is 2.39 bits per heavy atom. The lowest BCUT2D eigenvalue weighted by Gasteiger charge is -2.36. The van der Waals surface area contributed by atoms with Crippen LogP contribution in [-0.2, 0) is 0 Å². The number of nitrogens with one attached hydrogen (secondary N) is 1. The molecule has 1 saturated heterocycles. The molecule has 0 radical (unpaired) electrons. The molecule has 162 valence electrons. The Labute approximate surface area is 183 Å². The third-order valence-corrected chi connectivity index (χ3v) is 5.84. The van der Waals surface area contributed by atoms with Gasteiger partial charge in [-0.25, -0.2) is 4.79 Å². The van der Waals surface area contributed by atoms with Crippen molar-refractivity contribution in [3.05, 3.63) is 59.5 Å². The van der Waals surface area contributed by atoms with Crippen LogP contribution in [0.4, 0.5) is 16.2 Å². The van der Waals surface area contributed by atoms with Gasteiger partial charge in [-0.2, -0.15) is 4.98 Å². The van der Waals surface area contributed by atoms with Gasteiger partial charge in [0.25, 0.3) is 0 Å². The molecular formula is C24H29N5O2. The Kier molecular flexibility index (Phi) is 5.93. The van der Waals surface area contributed by atoms with Gasteiger partial charge in [0.05, 0.1) is 0 Å². The van der Waals surface area contributed by atoms with Gasteiger partial charge in [-0.15, -0.1) is 0 Å². The lowest BCUT2D eigenvalue weighted by atomic mass is 10.1. The summed E-state index contributed by atoms with van der Waals surface area (Å²) < 4.78 is 5.30. The van der Waals surface area contributed by atoms with Crippen LogP contribution in [0.5, 0.6) is 0 Å². The lowest BCUT2D eigenvalue weighted by molar-refractivity contribution is 0.208. The molecule has 1 aromatic heterocycles. The van der Waals surface area contributed by atoms with E-state index in [0.717, 1.165) is 35.6 Å². The van der Waals surface area contributed by atoms with Gasteiger partial charge in [0.15, 0.2) is 0 Å². The van der Waals surface area contributed by atoms with Crippen LogP contribution >= 0.6 is 0 Å². The zero-order valence-electron chi connectivity index (χ0n) is 18.6. The fourth-order valence-electron chi connectivity index (χ4n) is 3.66. The number of rotatable bonds is 4. The van der Waals surface area contributed by atoms with E-state index in [9.17, 15) is 4.79 Å². The molecule has 2 heterocycles. The molecule has 7 heteroatoms. The molecule has 0 spiro atoms. The Bertz CT molecular complexity index is 1050. The monoisotopic (exact) mass is 419 g/mol. The van der Waals surface area contributed by atoms with Gasteiger partial charge in [-0.05, 0) is 55.3 Å². The molecule has 4 rings (SSSR count). The average Bonchev–Trinajstić information content (AvgIpc) is 3.28. The zero-order valence-corrected chi connectivity index (χ0v) is 18.6. The summed E-state index contributed by atoms with van der Waals surface area (Å²) in [5, 5.41) is 7.13. The maximum absolute atomic E-state index is 12.7. The highest BCUT2D eigenvalue weighted by Crippen LogP contribution is 2.24. The standard InChI is InChI=1S/C24H29N5O2/c1-16(2)23-26-22(27-31-23)19-8-10-20(11-9-19)28-12-14-29(15-13-28)24(30)25-21-7-5-6-17(3)18(21)4/h5-11,16H,12-15H2,1-4H3,(H,25,30). The van der Waals surface area contributed by atoms with Crippen LogP contribution in [-0.4, -0.2) is 47.3 Å². The number of hydrogen-bond acceptors (Lipinski definition) is 5. The van der Waals surface area contributed by atoms with Gasteiger partial charge < -0.3 is 19.6 Å². The van der Waals surface area contributed by atoms with Gasteiger partial charge in [0.1, 0.15) is 0 Å². The fourth-order valence-corrected chi connectivity index (χ4v) is 3.66. The summed E-state index contributed by atoms with van der Waals surface area (Å²) in [7, 11) is 0. The number of aryl methyl sites for hydroxylation is 1. The molecule has 1 fully saturated rings. The number of amides is 2. The molecule has 1 aliphatic heterocycles. The van der Waals surface area contributed by atoms with E-state index in [2.05, 4.69) is 45.5 Å². The van der Waals surface area contributed by atoms with E-state index in [0.29, 0.717) is 24.8 Å². The minimum absolute atomic E-state index is 0.0400. The van der Waals surface area contributed by atoms with Crippen LogP contribution in [0.15, 0.2) is 47.0 Å². The molecule has 1 N–H and O–H groups in total. The Morgan fingerprint density at radius 1 is 1.03 bits per heavy atom. The first kappa shape index (κ1) is 20.9. The van der Waals surface area contributed by atoms with Crippen molar-refractivity contribution in [1.29, 1.82) is 0 Å². The number of carbonyl (C=O) groups is 1. The van der Waals surface area contributed by atoms with E-state index < -0.39 is 0 Å². The summed E-state index contributed by atoms with van der Waals surface area (Å²) in [6, 6.07) is 14.1. The van der Waals surface area contributed by atoms with Crippen molar-refractivity contribution in [2.24, 2.45) is 0 Å². The van der Waals surface area contributed by atoms with Crippen LogP contribution < -0.4 is 10.2 Å². The van der Waals surface area contributed by atoms with Crippen LogP contribution in [0, 0.1) is 13.8 Å². The summed E-state index contributed by atoms with van der Waals surface area (Å²) in [4.78, 5) is 21.3. The minimum Gasteiger partial charge on any atom is -0.368 e. The topological polar surface area (TPSA) is 74.5 Å². The van der Waals surface area contributed by atoms with Gasteiger partial charge in [0, 0.05) is 49.0 Å². The van der Waals surface area contributed by atoms with E-state index in [1.807, 2.05) is 49.9 Å². The number of anilines is 2. The molecule has 7 nitrogen and oxygen atoms in total. The number of carbonyl (C=O) groups excluding carboxylic acids is 1. The second-order valence-electron chi connectivity index (χ2n) is 8.31. The van der Waals surface area contributed by atoms with E-state index >= 15 is 0 Å². The first-order valence-electron chi connectivity index (χ1n) is 10.7. The van der Waals surface area contributed by atoms with E-state index in [-0.39, 0.29) is 11.9 Å². The van der Waals surface area contributed by atoms with Crippen molar-refractivity contribution in [3.63, 3.8) is 0 Å². The molecule has 0 saturated carbocycles. The number of piperazine rings is 1. The molecule has 2 amide bonds. The number of benzene rings is 2. The van der Waals surface area contributed by atoms with Crippen molar-refractivity contribution < 1.29 is 9.32 Å². The maximum Gasteiger partial charge on any atom is 0.321 e. The molecule has 0 atom stereocenters. The van der Waals surface area contributed by atoms with E-state index in [4.69, 9.17) is 4.52 Å². The third kappa shape index (κ3) is 4.55. The van der Waals surface area contributed by atoms with Gasteiger partial charge in [-0.3, -0.25) is 0 Å².